The van der Waals surface area contributed by atoms with Crippen LogP contribution in [0, 0.1) is 0 Å². The molecule has 6 nitrogen and oxygen atoms in total. The second kappa shape index (κ2) is 5.18. The highest BCUT2D eigenvalue weighted by Crippen LogP contribution is 2.26. The Morgan fingerprint density at radius 3 is 2.67 bits per heavy atom. The summed E-state index contributed by atoms with van der Waals surface area (Å²) >= 11 is 11.6. The molecule has 0 unspecified atom stereocenters. The number of hydrogen-bond donors (Lipinski definition) is 2. The summed E-state index contributed by atoms with van der Waals surface area (Å²) < 4.78 is 27.0. The molecule has 0 aliphatic rings. The lowest BCUT2D eigenvalue weighted by atomic mass is 10.4. The number of aromatic amines is 1. The highest BCUT2D eigenvalue weighted by molar-refractivity contribution is 7.92. The molecule has 3 aromatic rings. The van der Waals surface area contributed by atoms with Gasteiger partial charge in [-0.2, -0.15) is 0 Å². The first-order chi connectivity index (χ1) is 9.95. The maximum absolute atomic E-state index is 12.3. The topological polar surface area (TPSA) is 87.7 Å². The maximum Gasteiger partial charge on any atom is 0.261 e. The molecule has 0 aliphatic heterocycles. The average molecular weight is 343 g/mol. The molecular formula is C12H8Cl2N4O2S. The minimum absolute atomic E-state index is 0.0154. The van der Waals surface area contributed by atoms with Crippen LogP contribution in [0.1, 0.15) is 0 Å². The van der Waals surface area contributed by atoms with Gasteiger partial charge in [0.1, 0.15) is 0 Å². The van der Waals surface area contributed by atoms with Crippen LogP contribution in [0.15, 0.2) is 41.7 Å². The van der Waals surface area contributed by atoms with E-state index in [2.05, 4.69) is 19.7 Å². The van der Waals surface area contributed by atoms with Crippen LogP contribution in [0.25, 0.3) is 11.2 Å². The lowest BCUT2D eigenvalue weighted by Gasteiger charge is -2.08. The third-order valence-corrected chi connectivity index (χ3v) is 4.85. The van der Waals surface area contributed by atoms with Crippen LogP contribution in [0.3, 0.4) is 0 Å². The zero-order valence-electron chi connectivity index (χ0n) is 10.3. The lowest BCUT2D eigenvalue weighted by molar-refractivity contribution is 0.601. The molecule has 0 fully saturated rings. The third kappa shape index (κ3) is 2.80. The van der Waals surface area contributed by atoms with Gasteiger partial charge in [0.15, 0.2) is 5.65 Å². The monoisotopic (exact) mass is 342 g/mol. The van der Waals surface area contributed by atoms with Gasteiger partial charge in [-0.25, -0.2) is 18.4 Å². The predicted molar refractivity (Wildman–Crippen MR) is 81.2 cm³/mol. The van der Waals surface area contributed by atoms with Crippen molar-refractivity contribution in [2.45, 2.75) is 4.90 Å². The van der Waals surface area contributed by atoms with Gasteiger partial charge in [0, 0.05) is 0 Å². The van der Waals surface area contributed by atoms with Crippen molar-refractivity contribution in [1.29, 1.82) is 0 Å². The summed E-state index contributed by atoms with van der Waals surface area (Å²) in [6.45, 7) is 0. The van der Waals surface area contributed by atoms with Crippen molar-refractivity contribution in [2.75, 3.05) is 4.72 Å². The molecule has 2 heterocycles. The van der Waals surface area contributed by atoms with E-state index in [1.165, 1.54) is 30.7 Å². The van der Waals surface area contributed by atoms with E-state index in [1.54, 1.807) is 6.07 Å². The molecule has 0 atom stereocenters. The molecule has 108 valence electrons. The number of anilines is 1. The number of hydrogen-bond acceptors (Lipinski definition) is 4. The molecule has 2 aromatic heterocycles. The molecule has 3 rings (SSSR count). The van der Waals surface area contributed by atoms with Crippen molar-refractivity contribution in [3.63, 3.8) is 0 Å². The van der Waals surface area contributed by atoms with Gasteiger partial charge >= 0.3 is 0 Å². The number of aromatic nitrogens is 3. The second-order valence-corrected chi connectivity index (χ2v) is 6.68. The van der Waals surface area contributed by atoms with E-state index in [0.717, 1.165) is 0 Å². The Morgan fingerprint density at radius 2 is 1.90 bits per heavy atom. The number of fused-ring (bicyclic) bond motifs is 1. The van der Waals surface area contributed by atoms with Gasteiger partial charge < -0.3 is 4.98 Å². The van der Waals surface area contributed by atoms with Crippen LogP contribution >= 0.6 is 23.2 Å². The highest BCUT2D eigenvalue weighted by Gasteiger charge is 2.16. The minimum Gasteiger partial charge on any atom is -0.343 e. The molecule has 2 N–H and O–H groups in total. The normalized spacial score (nSPS) is 11.7. The van der Waals surface area contributed by atoms with Crippen LogP contribution in [-0.4, -0.2) is 23.4 Å². The SMILES string of the molecule is O=S(=O)(Nc1cnc2nc[nH]c2c1)c1ccc(Cl)c(Cl)c1. The van der Waals surface area contributed by atoms with Crippen LogP contribution in [0.2, 0.25) is 10.0 Å². The molecule has 0 spiro atoms. The number of pyridine rings is 1. The summed E-state index contributed by atoms with van der Waals surface area (Å²) in [7, 11) is -3.77. The van der Waals surface area contributed by atoms with E-state index < -0.39 is 10.0 Å². The number of H-pyrrole nitrogens is 1. The standard InChI is InChI=1S/C12H8Cl2N4O2S/c13-9-2-1-8(4-10(9)14)21(19,20)18-7-3-11-12(15-5-7)17-6-16-11/h1-6,18H,(H,15,16,17). The van der Waals surface area contributed by atoms with E-state index in [0.29, 0.717) is 16.9 Å². The first kappa shape index (κ1) is 14.1. The summed E-state index contributed by atoms with van der Waals surface area (Å²) in [5, 5.41) is 0.456. The van der Waals surface area contributed by atoms with Crippen molar-refractivity contribution in [1.82, 2.24) is 15.0 Å². The van der Waals surface area contributed by atoms with Gasteiger partial charge in [-0.05, 0) is 24.3 Å². The van der Waals surface area contributed by atoms with Gasteiger partial charge in [-0.15, -0.1) is 0 Å². The quantitative estimate of drug-likeness (QED) is 0.765. The zero-order chi connectivity index (χ0) is 15.0. The Kier molecular flexibility index (Phi) is 3.48. The van der Waals surface area contributed by atoms with Crippen LogP contribution < -0.4 is 4.72 Å². The summed E-state index contributed by atoms with van der Waals surface area (Å²) in [4.78, 5) is 10.9. The molecule has 0 saturated carbocycles. The second-order valence-electron chi connectivity index (χ2n) is 4.18. The molecule has 0 aliphatic carbocycles. The van der Waals surface area contributed by atoms with Crippen molar-refractivity contribution >= 4 is 50.1 Å². The highest BCUT2D eigenvalue weighted by atomic mass is 35.5. The Morgan fingerprint density at radius 1 is 1.10 bits per heavy atom. The van der Waals surface area contributed by atoms with E-state index >= 15 is 0 Å². The number of halogens is 2. The number of nitrogens with zero attached hydrogens (tertiary/aromatic N) is 2. The van der Waals surface area contributed by atoms with Crippen LogP contribution in [-0.2, 0) is 10.0 Å². The van der Waals surface area contributed by atoms with Gasteiger partial charge in [-0.3, -0.25) is 4.72 Å². The first-order valence-corrected chi connectivity index (χ1v) is 7.96. The Hall–Kier alpha value is -1.83. The average Bonchev–Trinajstić information content (AvgIpc) is 2.88. The van der Waals surface area contributed by atoms with Gasteiger partial charge in [0.05, 0.1) is 38.7 Å². The maximum atomic E-state index is 12.3. The fourth-order valence-corrected chi connectivity index (χ4v) is 3.17. The predicted octanol–water partition coefficient (Wildman–Crippen LogP) is 3.07. The molecular weight excluding hydrogens is 335 g/mol. The van der Waals surface area contributed by atoms with Crippen LogP contribution in [0.4, 0.5) is 5.69 Å². The number of benzene rings is 1. The summed E-state index contributed by atoms with van der Waals surface area (Å²) in [5.41, 5.74) is 1.45. The minimum atomic E-state index is -3.77. The van der Waals surface area contributed by atoms with E-state index in [-0.39, 0.29) is 14.9 Å². The Balaban J connectivity index is 1.96. The lowest BCUT2D eigenvalue weighted by Crippen LogP contribution is -2.13. The Bertz CT molecular complexity index is 924. The Labute approximate surface area is 130 Å². The fraction of sp³-hybridized carbons (Fsp3) is 0. The molecule has 0 amide bonds. The number of sulfonamides is 1. The third-order valence-electron chi connectivity index (χ3n) is 2.73. The van der Waals surface area contributed by atoms with Crippen molar-refractivity contribution in [3.8, 4) is 0 Å². The molecule has 0 bridgehead atoms. The number of imidazole rings is 1. The first-order valence-electron chi connectivity index (χ1n) is 5.73. The summed E-state index contributed by atoms with van der Waals surface area (Å²) in [6, 6.07) is 5.69. The summed E-state index contributed by atoms with van der Waals surface area (Å²) in [6.07, 6.45) is 2.87. The molecule has 0 saturated heterocycles. The van der Waals surface area contributed by atoms with E-state index in [1.807, 2.05) is 0 Å². The summed E-state index contributed by atoms with van der Waals surface area (Å²) in [5.74, 6) is 0. The molecule has 1 aromatic carbocycles. The van der Waals surface area contributed by atoms with E-state index in [9.17, 15) is 8.42 Å². The fourth-order valence-electron chi connectivity index (χ4n) is 1.74. The van der Waals surface area contributed by atoms with Gasteiger partial charge in [0.25, 0.3) is 10.0 Å². The van der Waals surface area contributed by atoms with E-state index in [4.69, 9.17) is 23.2 Å². The van der Waals surface area contributed by atoms with Crippen LogP contribution in [0.5, 0.6) is 0 Å². The number of rotatable bonds is 3. The molecule has 0 radical (unpaired) electrons. The zero-order valence-corrected chi connectivity index (χ0v) is 12.7. The molecule has 21 heavy (non-hydrogen) atoms. The van der Waals surface area contributed by atoms with Crippen molar-refractivity contribution < 1.29 is 8.42 Å². The van der Waals surface area contributed by atoms with Crippen molar-refractivity contribution in [3.05, 3.63) is 46.8 Å². The smallest absolute Gasteiger partial charge is 0.261 e. The number of nitrogens with one attached hydrogen (secondary N) is 2. The van der Waals surface area contributed by atoms with Crippen molar-refractivity contribution in [2.24, 2.45) is 0 Å². The van der Waals surface area contributed by atoms with Gasteiger partial charge in [0.2, 0.25) is 0 Å². The largest absolute Gasteiger partial charge is 0.343 e. The molecule has 9 heteroatoms. The van der Waals surface area contributed by atoms with Gasteiger partial charge in [-0.1, -0.05) is 23.2 Å².